The molecule has 0 aliphatic carbocycles. The van der Waals surface area contributed by atoms with E-state index in [1.165, 1.54) is 12.1 Å². The van der Waals surface area contributed by atoms with Gasteiger partial charge in [-0.05, 0) is 43.0 Å². The maximum absolute atomic E-state index is 12.5. The van der Waals surface area contributed by atoms with E-state index in [4.69, 9.17) is 0 Å². The van der Waals surface area contributed by atoms with Crippen LogP contribution in [0.2, 0.25) is 0 Å². The van der Waals surface area contributed by atoms with Gasteiger partial charge in [-0.3, -0.25) is 9.59 Å². The number of amides is 2. The number of hydrogen-bond donors (Lipinski definition) is 1. The number of nitrogens with one attached hydrogen (secondary N) is 1. The number of carbonyl (C=O) groups excluding carboxylic acids is 2. The van der Waals surface area contributed by atoms with Gasteiger partial charge in [0.05, 0.1) is 5.56 Å². The molecule has 0 unspecified atom stereocenters. The number of nitrogens with zero attached hydrogens (tertiary/aromatic N) is 1. The van der Waals surface area contributed by atoms with Crippen LogP contribution in [0.1, 0.15) is 38.7 Å². The van der Waals surface area contributed by atoms with Crippen molar-refractivity contribution in [2.45, 2.75) is 39.3 Å². The quantitative estimate of drug-likeness (QED) is 0.889. The summed E-state index contributed by atoms with van der Waals surface area (Å²) in [6, 6.07) is 4.40. The SMILES string of the molecule is CC(C)CC(=O)N1CCC(C(=O)Nc2ccc(C(F)(F)F)cc2)CC1. The fraction of sp³-hybridized carbons (Fsp3) is 0.556. The molecule has 1 saturated heterocycles. The molecule has 25 heavy (non-hydrogen) atoms. The summed E-state index contributed by atoms with van der Waals surface area (Å²) in [5.74, 6) is -0.0362. The average molecular weight is 356 g/mol. The van der Waals surface area contributed by atoms with E-state index in [-0.39, 0.29) is 17.7 Å². The first-order valence-electron chi connectivity index (χ1n) is 8.42. The van der Waals surface area contributed by atoms with E-state index >= 15 is 0 Å². The van der Waals surface area contributed by atoms with E-state index < -0.39 is 11.7 Å². The molecular weight excluding hydrogens is 333 g/mol. The van der Waals surface area contributed by atoms with Crippen LogP contribution in [0.15, 0.2) is 24.3 Å². The predicted octanol–water partition coefficient (Wildman–Crippen LogP) is 3.93. The molecule has 1 heterocycles. The third-order valence-corrected chi connectivity index (χ3v) is 4.28. The zero-order valence-corrected chi connectivity index (χ0v) is 14.4. The Hall–Kier alpha value is -2.05. The molecule has 0 bridgehead atoms. The van der Waals surface area contributed by atoms with Crippen molar-refractivity contribution in [1.29, 1.82) is 0 Å². The lowest BCUT2D eigenvalue weighted by atomic mass is 9.95. The highest BCUT2D eigenvalue weighted by atomic mass is 19.4. The third-order valence-electron chi connectivity index (χ3n) is 4.28. The summed E-state index contributed by atoms with van der Waals surface area (Å²) in [6.45, 7) is 5.05. The molecule has 0 atom stereocenters. The molecule has 1 aromatic carbocycles. The summed E-state index contributed by atoms with van der Waals surface area (Å²) in [4.78, 5) is 26.1. The van der Waals surface area contributed by atoms with E-state index in [2.05, 4.69) is 5.32 Å². The molecule has 1 fully saturated rings. The van der Waals surface area contributed by atoms with Crippen molar-refractivity contribution in [3.8, 4) is 0 Å². The number of alkyl halides is 3. The molecule has 0 aromatic heterocycles. The molecule has 1 aliphatic heterocycles. The van der Waals surface area contributed by atoms with Gasteiger partial charge in [-0.15, -0.1) is 0 Å². The second kappa shape index (κ2) is 7.89. The maximum Gasteiger partial charge on any atom is 0.416 e. The summed E-state index contributed by atoms with van der Waals surface area (Å²) in [7, 11) is 0. The lowest BCUT2D eigenvalue weighted by molar-refractivity contribution is -0.137. The van der Waals surface area contributed by atoms with E-state index in [9.17, 15) is 22.8 Å². The van der Waals surface area contributed by atoms with Gasteiger partial charge < -0.3 is 10.2 Å². The van der Waals surface area contributed by atoms with E-state index in [0.29, 0.717) is 44.0 Å². The summed E-state index contributed by atoms with van der Waals surface area (Å²) >= 11 is 0. The highest BCUT2D eigenvalue weighted by molar-refractivity contribution is 5.92. The number of hydrogen-bond acceptors (Lipinski definition) is 2. The Morgan fingerprint density at radius 1 is 1.16 bits per heavy atom. The molecule has 1 aromatic rings. The summed E-state index contributed by atoms with van der Waals surface area (Å²) < 4.78 is 37.6. The minimum absolute atomic E-state index is 0.108. The van der Waals surface area contributed by atoms with Gasteiger partial charge in [0.1, 0.15) is 0 Å². The standard InChI is InChI=1S/C18H23F3N2O2/c1-12(2)11-16(24)23-9-7-13(8-10-23)17(25)22-15-5-3-14(4-6-15)18(19,20)21/h3-6,12-13H,7-11H2,1-2H3,(H,22,25). The van der Waals surface area contributed by atoms with Gasteiger partial charge in [0.15, 0.2) is 0 Å². The number of anilines is 1. The normalized spacial score (nSPS) is 16.2. The van der Waals surface area contributed by atoms with Crippen LogP contribution in [0.4, 0.5) is 18.9 Å². The second-order valence-corrected chi connectivity index (χ2v) is 6.82. The highest BCUT2D eigenvalue weighted by Crippen LogP contribution is 2.30. The molecule has 2 amide bonds. The molecule has 0 saturated carbocycles. The summed E-state index contributed by atoms with van der Waals surface area (Å²) in [5.41, 5.74) is -0.404. The van der Waals surface area contributed by atoms with E-state index in [0.717, 1.165) is 12.1 Å². The zero-order chi connectivity index (χ0) is 18.6. The zero-order valence-electron chi connectivity index (χ0n) is 14.4. The van der Waals surface area contributed by atoms with Crippen LogP contribution in [0.3, 0.4) is 0 Å². The number of benzene rings is 1. The van der Waals surface area contributed by atoms with Crippen LogP contribution in [0.25, 0.3) is 0 Å². The summed E-state index contributed by atoms with van der Waals surface area (Å²) in [5, 5.41) is 2.66. The Bertz CT molecular complexity index is 604. The Morgan fingerprint density at radius 3 is 2.20 bits per heavy atom. The van der Waals surface area contributed by atoms with E-state index in [1.54, 1.807) is 4.90 Å². The fourth-order valence-electron chi connectivity index (χ4n) is 2.86. The molecular formula is C18H23F3N2O2. The van der Waals surface area contributed by atoms with Gasteiger partial charge in [0.25, 0.3) is 0 Å². The van der Waals surface area contributed by atoms with Crippen molar-refractivity contribution >= 4 is 17.5 Å². The lowest BCUT2D eigenvalue weighted by Crippen LogP contribution is -2.41. The molecule has 4 nitrogen and oxygen atoms in total. The number of carbonyl (C=O) groups is 2. The van der Waals surface area contributed by atoms with Gasteiger partial charge in [-0.1, -0.05) is 13.8 Å². The molecule has 0 radical (unpaired) electrons. The fourth-order valence-corrected chi connectivity index (χ4v) is 2.86. The van der Waals surface area contributed by atoms with Crippen molar-refractivity contribution in [2.24, 2.45) is 11.8 Å². The topological polar surface area (TPSA) is 49.4 Å². The Morgan fingerprint density at radius 2 is 1.72 bits per heavy atom. The molecule has 2 rings (SSSR count). The monoisotopic (exact) mass is 356 g/mol. The number of halogens is 3. The van der Waals surface area contributed by atoms with Crippen molar-refractivity contribution in [3.63, 3.8) is 0 Å². The second-order valence-electron chi connectivity index (χ2n) is 6.82. The minimum atomic E-state index is -4.39. The smallest absolute Gasteiger partial charge is 0.343 e. The van der Waals surface area contributed by atoms with Crippen LogP contribution in [-0.4, -0.2) is 29.8 Å². The van der Waals surface area contributed by atoms with Gasteiger partial charge in [0.2, 0.25) is 11.8 Å². The minimum Gasteiger partial charge on any atom is -0.343 e. The number of piperidine rings is 1. The number of rotatable bonds is 4. The Balaban J connectivity index is 1.85. The van der Waals surface area contributed by atoms with Crippen molar-refractivity contribution < 1.29 is 22.8 Å². The van der Waals surface area contributed by atoms with Crippen molar-refractivity contribution in [3.05, 3.63) is 29.8 Å². The summed E-state index contributed by atoms with van der Waals surface area (Å²) in [6.07, 6.45) is -2.76. The predicted molar refractivity (Wildman–Crippen MR) is 88.8 cm³/mol. The molecule has 138 valence electrons. The van der Waals surface area contributed by atoms with Gasteiger partial charge in [0, 0.05) is 31.1 Å². The van der Waals surface area contributed by atoms with Crippen molar-refractivity contribution in [2.75, 3.05) is 18.4 Å². The molecule has 1 N–H and O–H groups in total. The largest absolute Gasteiger partial charge is 0.416 e. The Labute approximate surface area is 145 Å². The molecule has 7 heteroatoms. The van der Waals surface area contributed by atoms with Crippen LogP contribution >= 0.6 is 0 Å². The van der Waals surface area contributed by atoms with Crippen LogP contribution in [0, 0.1) is 11.8 Å². The first-order chi connectivity index (χ1) is 11.7. The van der Waals surface area contributed by atoms with Crippen LogP contribution in [-0.2, 0) is 15.8 Å². The van der Waals surface area contributed by atoms with Gasteiger partial charge in [-0.2, -0.15) is 13.2 Å². The van der Waals surface area contributed by atoms with E-state index in [1.807, 2.05) is 13.8 Å². The van der Waals surface area contributed by atoms with Crippen molar-refractivity contribution in [1.82, 2.24) is 4.90 Å². The first-order valence-corrected chi connectivity index (χ1v) is 8.42. The maximum atomic E-state index is 12.5. The van der Waals surface area contributed by atoms with Gasteiger partial charge >= 0.3 is 6.18 Å². The lowest BCUT2D eigenvalue weighted by Gasteiger charge is -2.31. The van der Waals surface area contributed by atoms with Crippen LogP contribution < -0.4 is 5.32 Å². The third kappa shape index (κ3) is 5.47. The Kier molecular flexibility index (Phi) is 6.08. The first kappa shape index (κ1) is 19.3. The van der Waals surface area contributed by atoms with Crippen LogP contribution in [0.5, 0.6) is 0 Å². The molecule has 1 aliphatic rings. The number of likely N-dealkylation sites (tertiary alicyclic amines) is 1. The molecule has 0 spiro atoms. The van der Waals surface area contributed by atoms with Gasteiger partial charge in [-0.25, -0.2) is 0 Å². The average Bonchev–Trinajstić information content (AvgIpc) is 2.54. The highest BCUT2D eigenvalue weighted by Gasteiger charge is 2.30.